The van der Waals surface area contributed by atoms with Crippen molar-refractivity contribution in [2.45, 2.75) is 45.6 Å². The molecule has 128 valence electrons. The summed E-state index contributed by atoms with van der Waals surface area (Å²) in [6.45, 7) is 5.12. The lowest BCUT2D eigenvalue weighted by Crippen LogP contribution is -2.17. The average Bonchev–Trinajstić information content (AvgIpc) is 2.62. The predicted molar refractivity (Wildman–Crippen MR) is 99.2 cm³/mol. The number of carbonyl (C=O) groups is 1. The van der Waals surface area contributed by atoms with Gasteiger partial charge in [-0.15, -0.1) is 0 Å². The van der Waals surface area contributed by atoms with Crippen molar-refractivity contribution in [1.82, 2.24) is 0 Å². The van der Waals surface area contributed by atoms with Gasteiger partial charge in [0.1, 0.15) is 6.10 Å². The summed E-state index contributed by atoms with van der Waals surface area (Å²) < 4.78 is 6.00. The Morgan fingerprint density at radius 2 is 1.50 bits per heavy atom. The van der Waals surface area contributed by atoms with Crippen LogP contribution in [0, 0.1) is 5.92 Å². The van der Waals surface area contributed by atoms with E-state index in [9.17, 15) is 4.79 Å². The topological polar surface area (TPSA) is 26.3 Å². The lowest BCUT2D eigenvalue weighted by atomic mass is 10.00. The molecule has 0 radical (unpaired) electrons. The molecular formula is C22H28O2. The van der Waals surface area contributed by atoms with Gasteiger partial charge in [0.05, 0.1) is 0 Å². The summed E-state index contributed by atoms with van der Waals surface area (Å²) in [7, 11) is 0. The molecule has 1 unspecified atom stereocenters. The normalized spacial score (nSPS) is 12.3. The molecule has 0 amide bonds. The van der Waals surface area contributed by atoms with E-state index in [1.165, 1.54) is 12.8 Å². The van der Waals surface area contributed by atoms with E-state index in [0.29, 0.717) is 12.2 Å². The highest BCUT2D eigenvalue weighted by molar-refractivity contribution is 6.00. The number of rotatable bonds is 10. The number of ether oxygens (including phenoxy) is 1. The fourth-order valence-corrected chi connectivity index (χ4v) is 2.74. The molecule has 0 heterocycles. The van der Waals surface area contributed by atoms with Gasteiger partial charge in [-0.05, 0) is 17.9 Å². The van der Waals surface area contributed by atoms with Gasteiger partial charge in [-0.3, -0.25) is 4.79 Å². The molecule has 0 aliphatic carbocycles. The van der Waals surface area contributed by atoms with Crippen LogP contribution in [-0.4, -0.2) is 12.4 Å². The van der Waals surface area contributed by atoms with Crippen LogP contribution >= 0.6 is 0 Å². The Kier molecular flexibility index (Phi) is 7.70. The largest absolute Gasteiger partial charge is 0.365 e. The second kappa shape index (κ2) is 10.0. The Hall–Kier alpha value is -1.93. The zero-order chi connectivity index (χ0) is 17.2. The third kappa shape index (κ3) is 5.93. The molecule has 2 heteroatoms. The summed E-state index contributed by atoms with van der Waals surface area (Å²) >= 11 is 0. The van der Waals surface area contributed by atoms with E-state index in [1.807, 2.05) is 60.7 Å². The number of ketones is 1. The van der Waals surface area contributed by atoms with Crippen LogP contribution in [0.15, 0.2) is 60.7 Å². The van der Waals surface area contributed by atoms with Crippen LogP contribution in [-0.2, 0) is 4.74 Å². The molecule has 2 aromatic carbocycles. The maximum absolute atomic E-state index is 12.8. The van der Waals surface area contributed by atoms with Crippen LogP contribution < -0.4 is 0 Å². The minimum Gasteiger partial charge on any atom is -0.365 e. The first kappa shape index (κ1) is 18.4. The summed E-state index contributed by atoms with van der Waals surface area (Å²) in [5.41, 5.74) is 1.62. The minimum atomic E-state index is -0.515. The molecule has 0 aliphatic rings. The van der Waals surface area contributed by atoms with Crippen molar-refractivity contribution < 1.29 is 9.53 Å². The Morgan fingerprint density at radius 3 is 2.12 bits per heavy atom. The number of Topliss-reactive ketones (excluding diaryl/α,β-unsaturated/α-hetero) is 1. The third-order valence-electron chi connectivity index (χ3n) is 4.11. The van der Waals surface area contributed by atoms with E-state index in [0.717, 1.165) is 24.3 Å². The average molecular weight is 324 g/mol. The third-order valence-corrected chi connectivity index (χ3v) is 4.11. The van der Waals surface area contributed by atoms with E-state index < -0.39 is 6.10 Å². The molecule has 2 aromatic rings. The van der Waals surface area contributed by atoms with Crippen molar-refractivity contribution in [2.75, 3.05) is 6.61 Å². The Morgan fingerprint density at radius 1 is 0.875 bits per heavy atom. The molecule has 0 N–H and O–H groups in total. The van der Waals surface area contributed by atoms with Crippen molar-refractivity contribution in [3.05, 3.63) is 71.8 Å². The first-order valence-corrected chi connectivity index (χ1v) is 8.94. The highest BCUT2D eigenvalue weighted by atomic mass is 16.5. The van der Waals surface area contributed by atoms with Crippen LogP contribution in [0.25, 0.3) is 0 Å². The summed E-state index contributed by atoms with van der Waals surface area (Å²) in [6.07, 6.45) is 4.12. The van der Waals surface area contributed by atoms with Crippen molar-refractivity contribution in [3.8, 4) is 0 Å². The van der Waals surface area contributed by atoms with E-state index in [-0.39, 0.29) is 5.78 Å². The predicted octanol–water partition coefficient (Wildman–Crippen LogP) is 5.84. The standard InChI is InChI=1S/C22H28O2/c1-18(2)12-6-5-11-17-24-22(20-15-9-4-10-16-20)21(23)19-13-7-3-8-14-19/h3-4,7-10,13-16,18,22H,5-6,11-12,17H2,1-2H3. The van der Waals surface area contributed by atoms with Crippen LogP contribution in [0.2, 0.25) is 0 Å². The van der Waals surface area contributed by atoms with E-state index in [4.69, 9.17) is 4.74 Å². The van der Waals surface area contributed by atoms with Gasteiger partial charge in [0.25, 0.3) is 0 Å². The lowest BCUT2D eigenvalue weighted by molar-refractivity contribution is 0.0390. The highest BCUT2D eigenvalue weighted by Crippen LogP contribution is 2.23. The van der Waals surface area contributed by atoms with Gasteiger partial charge in [-0.2, -0.15) is 0 Å². The zero-order valence-corrected chi connectivity index (χ0v) is 14.8. The first-order valence-electron chi connectivity index (χ1n) is 8.94. The number of benzene rings is 2. The quantitative estimate of drug-likeness (QED) is 0.405. The number of hydrogen-bond donors (Lipinski definition) is 0. The maximum Gasteiger partial charge on any atom is 0.196 e. The molecule has 2 nitrogen and oxygen atoms in total. The Labute approximate surface area is 145 Å². The summed E-state index contributed by atoms with van der Waals surface area (Å²) in [5, 5.41) is 0. The highest BCUT2D eigenvalue weighted by Gasteiger charge is 2.22. The molecule has 1 atom stereocenters. The molecule has 0 saturated heterocycles. The SMILES string of the molecule is CC(C)CCCCCOC(C(=O)c1ccccc1)c1ccccc1. The minimum absolute atomic E-state index is 0.0315. The van der Waals surface area contributed by atoms with Gasteiger partial charge in [-0.25, -0.2) is 0 Å². The molecule has 0 aromatic heterocycles. The van der Waals surface area contributed by atoms with E-state index in [1.54, 1.807) is 0 Å². The van der Waals surface area contributed by atoms with Crippen molar-refractivity contribution in [3.63, 3.8) is 0 Å². The second-order valence-electron chi connectivity index (χ2n) is 6.63. The molecule has 0 saturated carbocycles. The first-order chi connectivity index (χ1) is 11.7. The molecule has 2 rings (SSSR count). The lowest BCUT2D eigenvalue weighted by Gasteiger charge is -2.17. The van der Waals surface area contributed by atoms with E-state index >= 15 is 0 Å². The van der Waals surface area contributed by atoms with Crippen LogP contribution in [0.3, 0.4) is 0 Å². The van der Waals surface area contributed by atoms with Gasteiger partial charge in [-0.1, -0.05) is 93.8 Å². The second-order valence-corrected chi connectivity index (χ2v) is 6.63. The summed E-state index contributed by atoms with van der Waals surface area (Å²) in [4.78, 5) is 12.8. The Bertz CT molecular complexity index is 590. The molecular weight excluding hydrogens is 296 g/mol. The van der Waals surface area contributed by atoms with Gasteiger partial charge < -0.3 is 4.74 Å². The van der Waals surface area contributed by atoms with Crippen molar-refractivity contribution >= 4 is 5.78 Å². The van der Waals surface area contributed by atoms with E-state index in [2.05, 4.69) is 13.8 Å². The van der Waals surface area contributed by atoms with Crippen LogP contribution in [0.4, 0.5) is 0 Å². The van der Waals surface area contributed by atoms with Gasteiger partial charge in [0, 0.05) is 12.2 Å². The van der Waals surface area contributed by atoms with Crippen LogP contribution in [0.5, 0.6) is 0 Å². The Balaban J connectivity index is 1.96. The van der Waals surface area contributed by atoms with Crippen LogP contribution in [0.1, 0.15) is 61.6 Å². The number of carbonyl (C=O) groups excluding carboxylic acids is 1. The van der Waals surface area contributed by atoms with Gasteiger partial charge >= 0.3 is 0 Å². The molecule has 0 aliphatic heterocycles. The van der Waals surface area contributed by atoms with Gasteiger partial charge in [0.2, 0.25) is 0 Å². The zero-order valence-electron chi connectivity index (χ0n) is 14.8. The summed E-state index contributed by atoms with van der Waals surface area (Å²) in [5.74, 6) is 0.784. The molecule has 24 heavy (non-hydrogen) atoms. The fourth-order valence-electron chi connectivity index (χ4n) is 2.74. The monoisotopic (exact) mass is 324 g/mol. The molecule has 0 spiro atoms. The maximum atomic E-state index is 12.8. The van der Waals surface area contributed by atoms with Gasteiger partial charge in [0.15, 0.2) is 5.78 Å². The van der Waals surface area contributed by atoms with Crippen molar-refractivity contribution in [2.24, 2.45) is 5.92 Å². The smallest absolute Gasteiger partial charge is 0.196 e. The van der Waals surface area contributed by atoms with Crippen molar-refractivity contribution in [1.29, 1.82) is 0 Å². The summed E-state index contributed by atoms with van der Waals surface area (Å²) in [6, 6.07) is 19.2. The molecule has 0 fully saturated rings. The molecule has 0 bridgehead atoms. The fraction of sp³-hybridized carbons (Fsp3) is 0.409. The number of hydrogen-bond acceptors (Lipinski definition) is 2. The number of unbranched alkanes of at least 4 members (excludes halogenated alkanes) is 2.